The lowest BCUT2D eigenvalue weighted by Crippen LogP contribution is -2.35. The van der Waals surface area contributed by atoms with Crippen LogP contribution in [0.2, 0.25) is 0 Å². The Morgan fingerprint density at radius 3 is 2.45 bits per heavy atom. The lowest BCUT2D eigenvalue weighted by molar-refractivity contribution is -0.137. The maximum absolute atomic E-state index is 11.6. The lowest BCUT2D eigenvalue weighted by Gasteiger charge is -2.21. The summed E-state index contributed by atoms with van der Waals surface area (Å²) in [6, 6.07) is 3.48. The number of hydrogen-bond donors (Lipinski definition) is 2. The molecule has 1 heterocycles. The van der Waals surface area contributed by atoms with Crippen LogP contribution in [0.15, 0.2) is 24.5 Å². The number of carboxylic acid groups (broad SMARTS) is 1. The average molecular weight is 280 g/mol. The molecule has 0 aliphatic carbocycles. The number of rotatable bonds is 5. The molecule has 6 heteroatoms. The first-order chi connectivity index (χ1) is 9.28. The third-order valence-electron chi connectivity index (χ3n) is 2.49. The summed E-state index contributed by atoms with van der Waals surface area (Å²) >= 11 is 0. The van der Waals surface area contributed by atoms with Crippen molar-refractivity contribution >= 4 is 12.1 Å². The van der Waals surface area contributed by atoms with Crippen molar-refractivity contribution < 1.29 is 19.4 Å². The highest BCUT2D eigenvalue weighted by atomic mass is 16.6. The van der Waals surface area contributed by atoms with Gasteiger partial charge in [0.25, 0.3) is 0 Å². The Bertz CT molecular complexity index is 454. The van der Waals surface area contributed by atoms with Crippen LogP contribution in [0.4, 0.5) is 4.79 Å². The molecular weight excluding hydrogens is 260 g/mol. The summed E-state index contributed by atoms with van der Waals surface area (Å²) in [5.41, 5.74) is 0.238. The number of amides is 1. The summed E-state index contributed by atoms with van der Waals surface area (Å²) in [7, 11) is 0. The van der Waals surface area contributed by atoms with E-state index in [2.05, 4.69) is 10.3 Å². The molecule has 0 aromatic carbocycles. The van der Waals surface area contributed by atoms with Gasteiger partial charge in [-0.3, -0.25) is 9.78 Å². The van der Waals surface area contributed by atoms with Gasteiger partial charge in [-0.05, 0) is 38.5 Å². The van der Waals surface area contributed by atoms with Crippen LogP contribution in [-0.4, -0.2) is 34.3 Å². The Kier molecular flexibility index (Phi) is 5.49. The summed E-state index contributed by atoms with van der Waals surface area (Å²) in [6.07, 6.45) is 2.57. The van der Waals surface area contributed by atoms with E-state index in [0.717, 1.165) is 5.56 Å². The minimum absolute atomic E-state index is 0.0696. The molecule has 1 aromatic rings. The number of alkyl carbamates (subject to hydrolysis) is 1. The van der Waals surface area contributed by atoms with Gasteiger partial charge in [-0.25, -0.2) is 4.79 Å². The van der Waals surface area contributed by atoms with Gasteiger partial charge < -0.3 is 15.2 Å². The van der Waals surface area contributed by atoms with Gasteiger partial charge in [0.2, 0.25) is 0 Å². The molecule has 1 rings (SSSR count). The second-order valence-electron chi connectivity index (χ2n) is 5.46. The molecule has 0 bridgehead atoms. The maximum atomic E-state index is 11.6. The Labute approximate surface area is 118 Å². The highest BCUT2D eigenvalue weighted by Gasteiger charge is 2.20. The van der Waals surface area contributed by atoms with Crippen molar-refractivity contribution in [2.24, 2.45) is 0 Å². The zero-order chi connectivity index (χ0) is 15.2. The van der Waals surface area contributed by atoms with Crippen LogP contribution in [0.5, 0.6) is 0 Å². The number of aromatic nitrogens is 1. The molecule has 0 aliphatic rings. The van der Waals surface area contributed by atoms with Gasteiger partial charge >= 0.3 is 12.1 Å². The van der Waals surface area contributed by atoms with Gasteiger partial charge in [-0.15, -0.1) is 0 Å². The fourth-order valence-electron chi connectivity index (χ4n) is 1.67. The lowest BCUT2D eigenvalue weighted by atomic mass is 9.97. The number of carbonyl (C=O) groups is 2. The number of pyridine rings is 1. The van der Waals surface area contributed by atoms with E-state index in [1.54, 1.807) is 45.3 Å². The topological polar surface area (TPSA) is 88.5 Å². The zero-order valence-corrected chi connectivity index (χ0v) is 11.9. The highest BCUT2D eigenvalue weighted by Crippen LogP contribution is 2.18. The number of carbonyl (C=O) groups excluding carboxylic acids is 1. The van der Waals surface area contributed by atoms with Gasteiger partial charge in [0.05, 0.1) is 6.42 Å². The summed E-state index contributed by atoms with van der Waals surface area (Å²) < 4.78 is 5.12. The minimum atomic E-state index is -0.919. The summed E-state index contributed by atoms with van der Waals surface area (Å²) in [5, 5.41) is 11.5. The van der Waals surface area contributed by atoms with E-state index in [0.29, 0.717) is 0 Å². The largest absolute Gasteiger partial charge is 0.481 e. The van der Waals surface area contributed by atoms with Crippen molar-refractivity contribution in [3.8, 4) is 0 Å². The Morgan fingerprint density at radius 1 is 1.35 bits per heavy atom. The molecule has 0 saturated heterocycles. The average Bonchev–Trinajstić information content (AvgIpc) is 2.33. The quantitative estimate of drug-likeness (QED) is 0.862. The number of hydrogen-bond acceptors (Lipinski definition) is 4. The molecule has 1 unspecified atom stereocenters. The zero-order valence-electron chi connectivity index (χ0n) is 11.9. The number of nitrogens with one attached hydrogen (secondary N) is 1. The number of ether oxygens (including phenoxy) is 1. The van der Waals surface area contributed by atoms with E-state index < -0.39 is 17.7 Å². The van der Waals surface area contributed by atoms with Crippen LogP contribution in [0.3, 0.4) is 0 Å². The summed E-state index contributed by atoms with van der Waals surface area (Å²) in [6.45, 7) is 5.50. The van der Waals surface area contributed by atoms with Crippen LogP contribution in [0.1, 0.15) is 38.7 Å². The molecule has 0 spiro atoms. The third-order valence-corrected chi connectivity index (χ3v) is 2.49. The molecule has 0 fully saturated rings. The minimum Gasteiger partial charge on any atom is -0.481 e. The van der Waals surface area contributed by atoms with Crippen molar-refractivity contribution in [3.05, 3.63) is 30.1 Å². The van der Waals surface area contributed by atoms with Gasteiger partial charge in [-0.2, -0.15) is 0 Å². The predicted molar refractivity (Wildman–Crippen MR) is 73.5 cm³/mol. The van der Waals surface area contributed by atoms with Gasteiger partial charge in [-0.1, -0.05) is 0 Å². The molecule has 1 atom stereocenters. The van der Waals surface area contributed by atoms with Gasteiger partial charge in [0.1, 0.15) is 5.60 Å². The first-order valence-electron chi connectivity index (χ1n) is 6.36. The molecule has 110 valence electrons. The van der Waals surface area contributed by atoms with Gasteiger partial charge in [0, 0.05) is 24.9 Å². The van der Waals surface area contributed by atoms with Crippen LogP contribution in [0, 0.1) is 0 Å². The normalized spacial score (nSPS) is 12.6. The Morgan fingerprint density at radius 2 is 1.95 bits per heavy atom. The van der Waals surface area contributed by atoms with Crippen LogP contribution < -0.4 is 5.32 Å². The predicted octanol–water partition coefficient (Wildman–Crippen LogP) is 2.16. The summed E-state index contributed by atoms with van der Waals surface area (Å²) in [5.74, 6) is -1.24. The van der Waals surface area contributed by atoms with Gasteiger partial charge in [0.15, 0.2) is 0 Å². The second kappa shape index (κ2) is 6.88. The van der Waals surface area contributed by atoms with E-state index >= 15 is 0 Å². The van der Waals surface area contributed by atoms with Crippen LogP contribution in [-0.2, 0) is 9.53 Å². The molecular formula is C14H20N2O4. The number of carboxylic acids is 1. The Balaban J connectivity index is 2.63. The van der Waals surface area contributed by atoms with Crippen molar-refractivity contribution in [2.75, 3.05) is 6.54 Å². The van der Waals surface area contributed by atoms with E-state index in [1.165, 1.54) is 0 Å². The van der Waals surface area contributed by atoms with E-state index in [1.807, 2.05) is 0 Å². The molecule has 20 heavy (non-hydrogen) atoms. The fourth-order valence-corrected chi connectivity index (χ4v) is 1.67. The first kappa shape index (κ1) is 15.9. The molecule has 1 amide bonds. The second-order valence-corrected chi connectivity index (χ2v) is 5.46. The van der Waals surface area contributed by atoms with E-state index in [4.69, 9.17) is 9.84 Å². The van der Waals surface area contributed by atoms with E-state index in [-0.39, 0.29) is 18.9 Å². The monoisotopic (exact) mass is 280 g/mol. The van der Waals surface area contributed by atoms with Crippen LogP contribution >= 0.6 is 0 Å². The molecule has 6 nitrogen and oxygen atoms in total. The maximum Gasteiger partial charge on any atom is 0.407 e. The van der Waals surface area contributed by atoms with E-state index in [9.17, 15) is 9.59 Å². The van der Waals surface area contributed by atoms with Crippen molar-refractivity contribution in [2.45, 2.75) is 38.7 Å². The van der Waals surface area contributed by atoms with Crippen molar-refractivity contribution in [1.29, 1.82) is 0 Å². The smallest absolute Gasteiger partial charge is 0.407 e. The summed E-state index contributed by atoms with van der Waals surface area (Å²) in [4.78, 5) is 26.4. The molecule has 1 aromatic heterocycles. The molecule has 0 radical (unpaired) electrons. The highest BCUT2D eigenvalue weighted by molar-refractivity contribution is 5.69. The molecule has 0 saturated carbocycles. The third kappa shape index (κ3) is 6.17. The van der Waals surface area contributed by atoms with Crippen molar-refractivity contribution in [1.82, 2.24) is 10.3 Å². The molecule has 2 N–H and O–H groups in total. The standard InChI is InChI=1S/C14H20N2O4/c1-14(2,3)20-13(19)16-9-11(8-12(17)18)10-4-6-15-7-5-10/h4-7,11H,8-9H2,1-3H3,(H,16,19)(H,17,18). The SMILES string of the molecule is CC(C)(C)OC(=O)NCC(CC(=O)O)c1ccncc1. The first-order valence-corrected chi connectivity index (χ1v) is 6.36. The Hall–Kier alpha value is -2.11. The van der Waals surface area contributed by atoms with Crippen LogP contribution in [0.25, 0.3) is 0 Å². The number of nitrogens with zero attached hydrogens (tertiary/aromatic N) is 1. The van der Waals surface area contributed by atoms with Crippen molar-refractivity contribution in [3.63, 3.8) is 0 Å². The molecule has 0 aliphatic heterocycles. The number of aliphatic carboxylic acids is 1. The fraction of sp³-hybridized carbons (Fsp3) is 0.500.